The number of ether oxygens (including phenoxy) is 1. The Hall–Kier alpha value is -1.26. The van der Waals surface area contributed by atoms with Crippen LogP contribution in [-0.4, -0.2) is 41.8 Å². The molecule has 0 radical (unpaired) electrons. The molecule has 1 atom stereocenters. The van der Waals surface area contributed by atoms with E-state index >= 15 is 0 Å². The minimum absolute atomic E-state index is 0.0665. The van der Waals surface area contributed by atoms with Gasteiger partial charge in [-0.15, -0.1) is 0 Å². The lowest BCUT2D eigenvalue weighted by Gasteiger charge is -2.25. The Balaban J connectivity index is 4.22. The minimum Gasteiger partial charge on any atom is -0.481 e. The fourth-order valence-electron chi connectivity index (χ4n) is 1.10. The van der Waals surface area contributed by atoms with Gasteiger partial charge in [0, 0.05) is 12.6 Å². The molecule has 0 aliphatic carbocycles. The average Bonchev–Trinajstić information content (AvgIpc) is 2.03. The van der Waals surface area contributed by atoms with Crippen LogP contribution in [0.25, 0.3) is 0 Å². The van der Waals surface area contributed by atoms with Crippen molar-refractivity contribution in [3.8, 4) is 0 Å². The maximum atomic E-state index is 11.1. The maximum absolute atomic E-state index is 11.1. The molecule has 0 fully saturated rings. The summed E-state index contributed by atoms with van der Waals surface area (Å²) in [7, 11) is 1.28. The quantitative estimate of drug-likeness (QED) is 0.714. The van der Waals surface area contributed by atoms with E-state index in [1.165, 1.54) is 12.0 Å². The first-order valence-electron chi connectivity index (χ1n) is 4.09. The molecule has 0 spiro atoms. The topological polar surface area (TPSA) is 66.8 Å². The van der Waals surface area contributed by atoms with Gasteiger partial charge in [-0.25, -0.2) is 4.79 Å². The molecule has 13 heavy (non-hydrogen) atoms. The standard InChI is InChI=1S/C8H15NO4/c1-4-9(8(12)13-3)6(2)5-7(10)11/h6H,4-5H2,1-3H3,(H,10,11). The Morgan fingerprint density at radius 1 is 1.54 bits per heavy atom. The van der Waals surface area contributed by atoms with Crippen molar-refractivity contribution < 1.29 is 19.4 Å². The molecule has 0 rings (SSSR count). The Bertz CT molecular complexity index is 193. The number of carboxylic acids is 1. The van der Waals surface area contributed by atoms with Gasteiger partial charge in [-0.1, -0.05) is 0 Å². The fraction of sp³-hybridized carbons (Fsp3) is 0.750. The monoisotopic (exact) mass is 189 g/mol. The summed E-state index contributed by atoms with van der Waals surface area (Å²) in [6.45, 7) is 3.89. The summed E-state index contributed by atoms with van der Waals surface area (Å²) >= 11 is 0. The van der Waals surface area contributed by atoms with Gasteiger partial charge in [-0.2, -0.15) is 0 Å². The first kappa shape index (κ1) is 11.7. The molecule has 1 amide bonds. The molecule has 5 heteroatoms. The molecular weight excluding hydrogens is 174 g/mol. The zero-order valence-corrected chi connectivity index (χ0v) is 8.11. The lowest BCUT2D eigenvalue weighted by molar-refractivity contribution is -0.138. The zero-order chi connectivity index (χ0) is 10.4. The molecule has 0 aliphatic rings. The molecule has 0 aliphatic heterocycles. The second-order valence-electron chi connectivity index (χ2n) is 2.70. The van der Waals surface area contributed by atoms with Crippen molar-refractivity contribution in [2.45, 2.75) is 26.3 Å². The van der Waals surface area contributed by atoms with E-state index < -0.39 is 12.1 Å². The van der Waals surface area contributed by atoms with Gasteiger partial charge in [0.2, 0.25) is 0 Å². The number of carbonyl (C=O) groups is 2. The van der Waals surface area contributed by atoms with Gasteiger partial charge in [-0.05, 0) is 13.8 Å². The van der Waals surface area contributed by atoms with Crippen molar-refractivity contribution >= 4 is 12.1 Å². The summed E-state index contributed by atoms with van der Waals surface area (Å²) in [5, 5.41) is 8.50. The molecule has 0 bridgehead atoms. The molecule has 0 saturated heterocycles. The largest absolute Gasteiger partial charge is 0.481 e. The Labute approximate surface area is 77.3 Å². The van der Waals surface area contributed by atoms with E-state index in [1.54, 1.807) is 13.8 Å². The van der Waals surface area contributed by atoms with Crippen LogP contribution in [-0.2, 0) is 9.53 Å². The van der Waals surface area contributed by atoms with Crippen LogP contribution in [0.1, 0.15) is 20.3 Å². The van der Waals surface area contributed by atoms with E-state index in [0.29, 0.717) is 6.54 Å². The molecule has 0 aromatic carbocycles. The van der Waals surface area contributed by atoms with E-state index in [2.05, 4.69) is 4.74 Å². The highest BCUT2D eigenvalue weighted by Gasteiger charge is 2.20. The first-order valence-corrected chi connectivity index (χ1v) is 4.09. The third-order valence-electron chi connectivity index (χ3n) is 1.75. The normalized spacial score (nSPS) is 11.9. The summed E-state index contributed by atoms with van der Waals surface area (Å²) in [6.07, 6.45) is -0.556. The van der Waals surface area contributed by atoms with Crippen molar-refractivity contribution in [1.29, 1.82) is 0 Å². The van der Waals surface area contributed by atoms with Crippen molar-refractivity contribution in [3.63, 3.8) is 0 Å². The number of carboxylic acid groups (broad SMARTS) is 1. The third-order valence-corrected chi connectivity index (χ3v) is 1.75. The van der Waals surface area contributed by atoms with E-state index in [0.717, 1.165) is 0 Å². The van der Waals surface area contributed by atoms with Crippen LogP contribution in [0.4, 0.5) is 4.79 Å². The van der Waals surface area contributed by atoms with E-state index in [1.807, 2.05) is 0 Å². The number of carbonyl (C=O) groups excluding carboxylic acids is 1. The van der Waals surface area contributed by atoms with Crippen molar-refractivity contribution in [2.24, 2.45) is 0 Å². The SMILES string of the molecule is CCN(C(=O)OC)C(C)CC(=O)O. The smallest absolute Gasteiger partial charge is 0.409 e. The van der Waals surface area contributed by atoms with Crippen LogP contribution in [0.2, 0.25) is 0 Å². The Morgan fingerprint density at radius 2 is 2.08 bits per heavy atom. The summed E-state index contributed by atoms with van der Waals surface area (Å²) < 4.78 is 4.50. The molecule has 1 unspecified atom stereocenters. The third kappa shape index (κ3) is 3.78. The van der Waals surface area contributed by atoms with Crippen LogP contribution in [0, 0.1) is 0 Å². The summed E-state index contributed by atoms with van der Waals surface area (Å²) in [5.41, 5.74) is 0. The van der Waals surface area contributed by atoms with E-state index in [-0.39, 0.29) is 12.5 Å². The van der Waals surface area contributed by atoms with Crippen molar-refractivity contribution in [1.82, 2.24) is 4.90 Å². The van der Waals surface area contributed by atoms with E-state index in [9.17, 15) is 9.59 Å². The van der Waals surface area contributed by atoms with Gasteiger partial charge < -0.3 is 14.7 Å². The molecule has 0 heterocycles. The van der Waals surface area contributed by atoms with Gasteiger partial charge in [0.15, 0.2) is 0 Å². The molecule has 5 nitrogen and oxygen atoms in total. The minimum atomic E-state index is -0.921. The number of amides is 1. The number of nitrogens with zero attached hydrogens (tertiary/aromatic N) is 1. The Morgan fingerprint density at radius 3 is 2.38 bits per heavy atom. The highest BCUT2D eigenvalue weighted by molar-refractivity contribution is 5.71. The van der Waals surface area contributed by atoms with E-state index in [4.69, 9.17) is 5.11 Å². The summed E-state index contributed by atoms with van der Waals surface area (Å²) in [5.74, 6) is -0.921. The average molecular weight is 189 g/mol. The van der Waals surface area contributed by atoms with Crippen LogP contribution < -0.4 is 0 Å². The molecular formula is C8H15NO4. The fourth-order valence-corrected chi connectivity index (χ4v) is 1.10. The van der Waals surface area contributed by atoms with Crippen LogP contribution in [0.5, 0.6) is 0 Å². The van der Waals surface area contributed by atoms with Crippen LogP contribution >= 0.6 is 0 Å². The molecule has 0 aromatic rings. The lowest BCUT2D eigenvalue weighted by atomic mass is 10.2. The van der Waals surface area contributed by atoms with Crippen LogP contribution in [0.15, 0.2) is 0 Å². The number of methoxy groups -OCH3 is 1. The highest BCUT2D eigenvalue weighted by atomic mass is 16.5. The number of hydrogen-bond acceptors (Lipinski definition) is 3. The predicted octanol–water partition coefficient (Wildman–Crippen LogP) is 0.938. The van der Waals surface area contributed by atoms with Gasteiger partial charge in [-0.3, -0.25) is 4.79 Å². The first-order chi connectivity index (χ1) is 6.02. The number of aliphatic carboxylic acids is 1. The van der Waals surface area contributed by atoms with Gasteiger partial charge in [0.1, 0.15) is 0 Å². The van der Waals surface area contributed by atoms with Gasteiger partial charge in [0.05, 0.1) is 13.5 Å². The van der Waals surface area contributed by atoms with Gasteiger partial charge >= 0.3 is 12.1 Å². The zero-order valence-electron chi connectivity index (χ0n) is 8.11. The second kappa shape index (κ2) is 5.40. The molecule has 0 aromatic heterocycles. The van der Waals surface area contributed by atoms with Crippen LogP contribution in [0.3, 0.4) is 0 Å². The predicted molar refractivity (Wildman–Crippen MR) is 46.5 cm³/mol. The summed E-state index contributed by atoms with van der Waals surface area (Å²) in [6, 6.07) is -0.338. The molecule has 0 saturated carbocycles. The van der Waals surface area contributed by atoms with Crippen molar-refractivity contribution in [2.75, 3.05) is 13.7 Å². The Kier molecular flexibility index (Phi) is 4.87. The lowest BCUT2D eigenvalue weighted by Crippen LogP contribution is -2.39. The molecule has 1 N–H and O–H groups in total. The summed E-state index contributed by atoms with van der Waals surface area (Å²) in [4.78, 5) is 22.8. The highest BCUT2D eigenvalue weighted by Crippen LogP contribution is 2.05. The maximum Gasteiger partial charge on any atom is 0.409 e. The van der Waals surface area contributed by atoms with Gasteiger partial charge in [0.25, 0.3) is 0 Å². The number of hydrogen-bond donors (Lipinski definition) is 1. The number of rotatable bonds is 4. The molecule has 76 valence electrons. The van der Waals surface area contributed by atoms with Crippen molar-refractivity contribution in [3.05, 3.63) is 0 Å². The second-order valence-corrected chi connectivity index (χ2v) is 2.70.